The Morgan fingerprint density at radius 1 is 1.17 bits per heavy atom. The molecule has 1 aromatic carbocycles. The maximum atomic E-state index is 12.1. The van der Waals surface area contributed by atoms with Crippen LogP contribution in [-0.4, -0.2) is 14.5 Å². The highest BCUT2D eigenvalue weighted by atomic mass is 79.9. The first kappa shape index (κ1) is 15.7. The van der Waals surface area contributed by atoms with Gasteiger partial charge in [0.25, 0.3) is 0 Å². The van der Waals surface area contributed by atoms with E-state index in [-0.39, 0.29) is 6.04 Å². The van der Waals surface area contributed by atoms with E-state index in [4.69, 9.17) is 0 Å². The number of rotatable bonds is 6. The van der Waals surface area contributed by atoms with Crippen molar-refractivity contribution < 1.29 is 8.42 Å². The summed E-state index contributed by atoms with van der Waals surface area (Å²) in [6, 6.07) is 6.86. The summed E-state index contributed by atoms with van der Waals surface area (Å²) in [4.78, 5) is 0.322. The molecule has 102 valence electrons. The van der Waals surface area contributed by atoms with Crippen LogP contribution in [0.1, 0.15) is 32.8 Å². The van der Waals surface area contributed by atoms with E-state index >= 15 is 0 Å². The number of halogens is 1. The van der Waals surface area contributed by atoms with E-state index in [1.54, 1.807) is 12.1 Å². The lowest BCUT2D eigenvalue weighted by molar-refractivity contribution is 0.482. The van der Waals surface area contributed by atoms with E-state index in [0.717, 1.165) is 17.3 Å². The summed E-state index contributed by atoms with van der Waals surface area (Å²) >= 11 is 3.33. The summed E-state index contributed by atoms with van der Waals surface area (Å²) in [5, 5.41) is 0.727. The predicted octanol–water partition coefficient (Wildman–Crippen LogP) is 3.29. The predicted molar refractivity (Wildman–Crippen MR) is 78.3 cm³/mol. The third-order valence-electron chi connectivity index (χ3n) is 2.57. The number of sulfonamides is 1. The Hall–Kier alpha value is -0.390. The molecule has 0 amide bonds. The Morgan fingerprint density at radius 3 is 2.17 bits per heavy atom. The average molecular weight is 334 g/mol. The second-order valence-electron chi connectivity index (χ2n) is 4.93. The molecule has 0 heterocycles. The van der Waals surface area contributed by atoms with E-state index in [1.807, 2.05) is 19.1 Å². The van der Waals surface area contributed by atoms with Crippen molar-refractivity contribution in [2.24, 2.45) is 5.92 Å². The normalized spacial score (nSPS) is 13.8. The molecular formula is C13H20BrNO2S. The quantitative estimate of drug-likeness (QED) is 0.812. The zero-order chi connectivity index (χ0) is 13.8. The molecule has 0 fully saturated rings. The lowest BCUT2D eigenvalue weighted by atomic mass is 10.1. The number of nitrogens with one attached hydrogen (secondary N) is 1. The molecule has 1 N–H and O–H groups in total. The molecule has 5 heteroatoms. The molecule has 0 aliphatic heterocycles. The van der Waals surface area contributed by atoms with Gasteiger partial charge in [-0.15, -0.1) is 0 Å². The van der Waals surface area contributed by atoms with Gasteiger partial charge in [-0.25, -0.2) is 13.1 Å². The van der Waals surface area contributed by atoms with Gasteiger partial charge in [-0.1, -0.05) is 41.9 Å². The van der Waals surface area contributed by atoms with Gasteiger partial charge in [-0.3, -0.25) is 0 Å². The van der Waals surface area contributed by atoms with Crippen LogP contribution in [0.5, 0.6) is 0 Å². The molecule has 3 nitrogen and oxygen atoms in total. The van der Waals surface area contributed by atoms with Gasteiger partial charge < -0.3 is 0 Å². The minimum Gasteiger partial charge on any atom is -0.208 e. The first-order chi connectivity index (χ1) is 8.35. The lowest BCUT2D eigenvalue weighted by Crippen LogP contribution is -2.33. The Labute approximate surface area is 118 Å². The van der Waals surface area contributed by atoms with Gasteiger partial charge in [0.2, 0.25) is 10.0 Å². The molecule has 18 heavy (non-hydrogen) atoms. The van der Waals surface area contributed by atoms with Crippen molar-refractivity contribution in [3.8, 4) is 0 Å². The van der Waals surface area contributed by atoms with E-state index in [0.29, 0.717) is 10.8 Å². The molecule has 0 radical (unpaired) electrons. The molecule has 1 atom stereocenters. The van der Waals surface area contributed by atoms with Crippen molar-refractivity contribution >= 4 is 26.0 Å². The first-order valence-electron chi connectivity index (χ1n) is 6.02. The van der Waals surface area contributed by atoms with Gasteiger partial charge in [0.15, 0.2) is 0 Å². The molecule has 0 aliphatic carbocycles. The van der Waals surface area contributed by atoms with Crippen LogP contribution in [0.2, 0.25) is 0 Å². The second-order valence-corrected chi connectivity index (χ2v) is 7.20. The van der Waals surface area contributed by atoms with E-state index in [2.05, 4.69) is 34.5 Å². The van der Waals surface area contributed by atoms with Crippen LogP contribution in [0.25, 0.3) is 0 Å². The van der Waals surface area contributed by atoms with Crippen molar-refractivity contribution in [1.82, 2.24) is 4.72 Å². The van der Waals surface area contributed by atoms with Crippen molar-refractivity contribution in [2.75, 3.05) is 0 Å². The Morgan fingerprint density at radius 2 is 1.72 bits per heavy atom. The largest absolute Gasteiger partial charge is 0.240 e. The summed E-state index contributed by atoms with van der Waals surface area (Å²) in [7, 11) is -3.40. The fraction of sp³-hybridized carbons (Fsp3) is 0.538. The van der Waals surface area contributed by atoms with Crippen LogP contribution >= 0.6 is 15.9 Å². The van der Waals surface area contributed by atoms with Gasteiger partial charge in [-0.2, -0.15) is 0 Å². The van der Waals surface area contributed by atoms with Crippen molar-refractivity contribution in [2.45, 2.75) is 43.5 Å². The molecule has 0 aromatic heterocycles. The van der Waals surface area contributed by atoms with Gasteiger partial charge >= 0.3 is 0 Å². The Kier molecular flexibility index (Phi) is 5.82. The smallest absolute Gasteiger partial charge is 0.208 e. The molecule has 1 aromatic rings. The topological polar surface area (TPSA) is 46.2 Å². The summed E-state index contributed by atoms with van der Waals surface area (Å²) in [5.41, 5.74) is 1.06. The van der Waals surface area contributed by atoms with Gasteiger partial charge in [0.1, 0.15) is 0 Å². The Balaban J connectivity index is 2.79. The average Bonchev–Trinajstić information content (AvgIpc) is 2.27. The summed E-state index contributed by atoms with van der Waals surface area (Å²) < 4.78 is 26.9. The first-order valence-corrected chi connectivity index (χ1v) is 8.63. The highest BCUT2D eigenvalue weighted by Gasteiger charge is 2.17. The molecule has 0 spiro atoms. The summed E-state index contributed by atoms with van der Waals surface area (Å²) in [6.07, 6.45) is 0.832. The van der Waals surface area contributed by atoms with E-state index in [1.165, 1.54) is 0 Å². The number of hydrogen-bond acceptors (Lipinski definition) is 2. The SMILES string of the molecule is CC(C)CC(C)NS(=O)(=O)c1ccc(CBr)cc1. The van der Waals surface area contributed by atoms with Crippen LogP contribution < -0.4 is 4.72 Å². The van der Waals surface area contributed by atoms with Crippen LogP contribution in [-0.2, 0) is 15.4 Å². The highest BCUT2D eigenvalue weighted by molar-refractivity contribution is 9.08. The Bertz CT molecular complexity index is 468. The maximum Gasteiger partial charge on any atom is 0.240 e. The standard InChI is InChI=1S/C13H20BrNO2S/c1-10(2)8-11(3)15-18(16,17)13-6-4-12(9-14)5-7-13/h4-7,10-11,15H,8-9H2,1-3H3. The maximum absolute atomic E-state index is 12.1. The molecule has 0 saturated carbocycles. The van der Waals surface area contributed by atoms with Crippen LogP contribution in [0, 0.1) is 5.92 Å². The van der Waals surface area contributed by atoms with E-state index < -0.39 is 10.0 Å². The zero-order valence-electron chi connectivity index (χ0n) is 11.0. The molecule has 0 aliphatic rings. The number of alkyl halides is 1. The van der Waals surface area contributed by atoms with E-state index in [9.17, 15) is 8.42 Å². The van der Waals surface area contributed by atoms with Crippen molar-refractivity contribution in [3.05, 3.63) is 29.8 Å². The fourth-order valence-corrected chi connectivity index (χ4v) is 3.48. The van der Waals surface area contributed by atoms with Gasteiger partial charge in [0, 0.05) is 11.4 Å². The summed E-state index contributed by atoms with van der Waals surface area (Å²) in [5.74, 6) is 0.471. The van der Waals surface area contributed by atoms with Gasteiger partial charge in [0.05, 0.1) is 4.90 Å². The van der Waals surface area contributed by atoms with Crippen molar-refractivity contribution in [3.63, 3.8) is 0 Å². The van der Waals surface area contributed by atoms with Crippen LogP contribution in [0.4, 0.5) is 0 Å². The number of hydrogen-bond donors (Lipinski definition) is 1. The lowest BCUT2D eigenvalue weighted by Gasteiger charge is -2.16. The van der Waals surface area contributed by atoms with Crippen molar-refractivity contribution in [1.29, 1.82) is 0 Å². The second kappa shape index (κ2) is 6.68. The molecule has 1 unspecified atom stereocenters. The fourth-order valence-electron chi connectivity index (χ4n) is 1.85. The minimum atomic E-state index is -3.40. The molecule has 1 rings (SSSR count). The molecular weight excluding hydrogens is 314 g/mol. The zero-order valence-corrected chi connectivity index (χ0v) is 13.4. The van der Waals surface area contributed by atoms with Crippen LogP contribution in [0.3, 0.4) is 0 Å². The minimum absolute atomic E-state index is 0.0501. The molecule has 0 bridgehead atoms. The highest BCUT2D eigenvalue weighted by Crippen LogP contribution is 2.14. The number of benzene rings is 1. The third kappa shape index (κ3) is 4.71. The monoisotopic (exact) mass is 333 g/mol. The third-order valence-corrected chi connectivity index (χ3v) is 4.82. The van der Waals surface area contributed by atoms with Gasteiger partial charge in [-0.05, 0) is 37.0 Å². The molecule has 0 saturated heterocycles. The van der Waals surface area contributed by atoms with Crippen LogP contribution in [0.15, 0.2) is 29.2 Å². The summed E-state index contributed by atoms with van der Waals surface area (Å²) in [6.45, 7) is 6.05.